The van der Waals surface area contributed by atoms with Crippen LogP contribution in [-0.2, 0) is 0 Å². The Kier molecular flexibility index (Phi) is 4.63. The third-order valence-corrected chi connectivity index (χ3v) is 6.05. The van der Waals surface area contributed by atoms with E-state index in [2.05, 4.69) is 13.8 Å². The summed E-state index contributed by atoms with van der Waals surface area (Å²) in [4.78, 5) is 0. The van der Waals surface area contributed by atoms with Gasteiger partial charge in [-0.25, -0.2) is 0 Å². The van der Waals surface area contributed by atoms with Crippen molar-refractivity contribution in [3.05, 3.63) is 0 Å². The Labute approximate surface area is 54.9 Å². The van der Waals surface area contributed by atoms with E-state index < -0.39 is 0 Å². The second kappa shape index (κ2) is 4.04. The molecule has 1 heteroatoms. The van der Waals surface area contributed by atoms with Gasteiger partial charge in [0.2, 0.25) is 0 Å². The van der Waals surface area contributed by atoms with E-state index in [4.69, 9.17) is 0 Å². The van der Waals surface area contributed by atoms with Crippen LogP contribution < -0.4 is 0 Å². The molecule has 0 amide bonds. The van der Waals surface area contributed by atoms with Crippen LogP contribution in [0.25, 0.3) is 0 Å². The number of rotatable bonds is 2. The van der Waals surface area contributed by atoms with Crippen LogP contribution in [-0.4, -0.2) is 24.4 Å². The zero-order valence-corrected chi connectivity index (χ0v) is 10.7. The zero-order valence-electron chi connectivity index (χ0n) is 4.99. The Bertz CT molecular complexity index is 23.1. The molecule has 0 bridgehead atoms. The van der Waals surface area contributed by atoms with E-state index in [-0.39, 0.29) is 0 Å². The van der Waals surface area contributed by atoms with E-state index in [0.29, 0.717) is 0 Å². The summed E-state index contributed by atoms with van der Waals surface area (Å²) >= 11 is 0.936. The van der Waals surface area contributed by atoms with Gasteiger partial charge in [-0.3, -0.25) is 0 Å². The van der Waals surface area contributed by atoms with Crippen LogP contribution in [0.4, 0.5) is 0 Å². The van der Waals surface area contributed by atoms with Crippen LogP contribution in [0.5, 0.6) is 0 Å². The maximum atomic E-state index is 2.28. The van der Waals surface area contributed by atoms with Crippen molar-refractivity contribution < 1.29 is 0 Å². The van der Waals surface area contributed by atoms with Crippen molar-refractivity contribution >= 4 is 24.4 Å². The fourth-order valence-electron chi connectivity index (χ4n) is 0.289. The van der Waals surface area contributed by atoms with Crippen LogP contribution in [0.2, 0.25) is 3.67 Å². The second-order valence-electron chi connectivity index (χ2n) is 1.92. The van der Waals surface area contributed by atoms with Gasteiger partial charge in [-0.2, -0.15) is 0 Å². The van der Waals surface area contributed by atoms with E-state index in [1.807, 2.05) is 0 Å². The quantitative estimate of drug-likeness (QED) is 0.611. The van der Waals surface area contributed by atoms with Crippen LogP contribution in [0.1, 0.15) is 26.7 Å². The summed E-state index contributed by atoms with van der Waals surface area (Å²) in [7, 11) is 0. The van der Waals surface area contributed by atoms with Crippen LogP contribution >= 0.6 is 0 Å². The minimum absolute atomic E-state index is 0.936. The molecular weight excluding hydrogens is 175 g/mol. The average molecular weight is 188 g/mol. The normalized spacial score (nSPS) is 9.83. The molecule has 0 aliphatic rings. The summed E-state index contributed by atoms with van der Waals surface area (Å²) in [5.41, 5.74) is 0. The van der Waals surface area contributed by atoms with Gasteiger partial charge in [0.05, 0.1) is 0 Å². The standard InChI is InChI=1S/C5H11.In.2H/c1-3-5-4-2;;;/h5H,3-4H2,1-2H3;;;. The van der Waals surface area contributed by atoms with Crippen molar-refractivity contribution in [1.29, 1.82) is 0 Å². The van der Waals surface area contributed by atoms with Crippen LogP contribution in [0.3, 0.4) is 0 Å². The minimum atomic E-state index is 0.936. The molecule has 0 aliphatic carbocycles. The van der Waals surface area contributed by atoms with Crippen molar-refractivity contribution in [1.82, 2.24) is 0 Å². The van der Waals surface area contributed by atoms with Crippen molar-refractivity contribution in [2.75, 3.05) is 0 Å². The van der Waals surface area contributed by atoms with Gasteiger partial charge in [-0.05, 0) is 0 Å². The van der Waals surface area contributed by atoms with E-state index >= 15 is 0 Å². The topological polar surface area (TPSA) is 0 Å². The number of hydrogen-bond acceptors (Lipinski definition) is 0. The van der Waals surface area contributed by atoms with Gasteiger partial charge in [0.15, 0.2) is 0 Å². The van der Waals surface area contributed by atoms with Gasteiger partial charge >= 0.3 is 54.7 Å². The summed E-state index contributed by atoms with van der Waals surface area (Å²) in [6.07, 6.45) is 2.85. The molecule has 0 atom stereocenters. The van der Waals surface area contributed by atoms with E-state index in [9.17, 15) is 0 Å². The summed E-state index contributed by atoms with van der Waals surface area (Å²) in [6, 6.07) is 0. The Hall–Kier alpha value is 0.870. The molecular formula is C5H13In. The van der Waals surface area contributed by atoms with Crippen molar-refractivity contribution in [2.45, 2.75) is 30.4 Å². The molecule has 0 saturated carbocycles. The van der Waals surface area contributed by atoms with Crippen molar-refractivity contribution in [3.8, 4) is 0 Å². The van der Waals surface area contributed by atoms with Gasteiger partial charge in [0, 0.05) is 0 Å². The summed E-state index contributed by atoms with van der Waals surface area (Å²) in [6.45, 7) is 4.57. The summed E-state index contributed by atoms with van der Waals surface area (Å²) in [5.74, 6) is 0. The molecule has 0 N–H and O–H groups in total. The first-order valence-electron chi connectivity index (χ1n) is 2.81. The second-order valence-corrected chi connectivity index (χ2v) is 6.58. The first-order chi connectivity index (χ1) is 2.81. The Morgan fingerprint density at radius 2 is 1.67 bits per heavy atom. The molecule has 0 rings (SSSR count). The molecule has 36 valence electrons. The molecule has 0 nitrogen and oxygen atoms in total. The molecule has 0 heterocycles. The van der Waals surface area contributed by atoms with Gasteiger partial charge in [-0.15, -0.1) is 0 Å². The zero-order chi connectivity index (χ0) is 4.99. The summed E-state index contributed by atoms with van der Waals surface area (Å²) < 4.78 is 1.15. The Morgan fingerprint density at radius 1 is 1.33 bits per heavy atom. The molecule has 0 fully saturated rings. The van der Waals surface area contributed by atoms with Gasteiger partial charge in [0.1, 0.15) is 0 Å². The predicted octanol–water partition coefficient (Wildman–Crippen LogP) is 1.23. The molecule has 0 aromatic heterocycles. The van der Waals surface area contributed by atoms with E-state index in [1.54, 1.807) is 0 Å². The van der Waals surface area contributed by atoms with Crippen LogP contribution in [0.15, 0.2) is 0 Å². The van der Waals surface area contributed by atoms with Gasteiger partial charge < -0.3 is 0 Å². The fourth-order valence-corrected chi connectivity index (χ4v) is 0.289. The summed E-state index contributed by atoms with van der Waals surface area (Å²) in [5, 5.41) is 0. The molecule has 6 heavy (non-hydrogen) atoms. The van der Waals surface area contributed by atoms with Gasteiger partial charge in [0.25, 0.3) is 0 Å². The van der Waals surface area contributed by atoms with Crippen LogP contribution in [0, 0.1) is 0 Å². The molecule has 0 radical (unpaired) electrons. The third-order valence-electron chi connectivity index (χ3n) is 1.39. The predicted molar refractivity (Wildman–Crippen MR) is 32.9 cm³/mol. The monoisotopic (exact) mass is 188 g/mol. The molecule has 0 aliphatic heterocycles. The van der Waals surface area contributed by atoms with E-state index in [1.165, 1.54) is 12.8 Å². The number of hydrogen-bond donors (Lipinski definition) is 0. The molecule has 0 aromatic rings. The van der Waals surface area contributed by atoms with Gasteiger partial charge in [-0.1, -0.05) is 0 Å². The first-order valence-corrected chi connectivity index (χ1v) is 6.10. The molecule has 0 saturated heterocycles. The average Bonchev–Trinajstić information content (AvgIpc) is 1.65. The Balaban J connectivity index is 2.75. The molecule has 0 unspecified atom stereocenters. The maximum absolute atomic E-state index is 2.28. The fraction of sp³-hybridized carbons (Fsp3) is 1.00. The van der Waals surface area contributed by atoms with Crippen molar-refractivity contribution in [2.24, 2.45) is 0 Å². The van der Waals surface area contributed by atoms with Crippen molar-refractivity contribution in [3.63, 3.8) is 0 Å². The molecule has 0 spiro atoms. The first kappa shape index (κ1) is 6.87. The Morgan fingerprint density at radius 3 is 1.67 bits per heavy atom. The SMILES string of the molecule is CC[CH]([InH2])CC. The molecule has 0 aromatic carbocycles. The van der Waals surface area contributed by atoms with E-state index in [0.717, 1.165) is 28.0 Å². The third kappa shape index (κ3) is 3.08.